The van der Waals surface area contributed by atoms with Gasteiger partial charge in [-0.1, -0.05) is 6.07 Å². The third kappa shape index (κ3) is 2.54. The summed E-state index contributed by atoms with van der Waals surface area (Å²) in [7, 11) is 0. The predicted octanol–water partition coefficient (Wildman–Crippen LogP) is 0.823. The zero-order chi connectivity index (χ0) is 16.7. The molecule has 2 aliphatic heterocycles. The maximum absolute atomic E-state index is 12.4. The number of piperidine rings is 1. The molecule has 2 N–H and O–H groups in total. The van der Waals surface area contributed by atoms with Crippen molar-refractivity contribution in [2.24, 2.45) is 5.92 Å². The SMILES string of the molecule is Cc1nc(C(=O)NC[C@H]2[C@@H]3CNC[C@@H](C3)c3cccc(=O)n32)co1. The van der Waals surface area contributed by atoms with Gasteiger partial charge in [0.25, 0.3) is 11.5 Å². The molecule has 1 saturated heterocycles. The first-order valence-corrected chi connectivity index (χ1v) is 8.26. The van der Waals surface area contributed by atoms with Gasteiger partial charge in [-0.25, -0.2) is 4.98 Å². The summed E-state index contributed by atoms with van der Waals surface area (Å²) in [5.41, 5.74) is 1.33. The van der Waals surface area contributed by atoms with Crippen LogP contribution in [0.1, 0.15) is 40.5 Å². The first-order valence-electron chi connectivity index (χ1n) is 8.26. The van der Waals surface area contributed by atoms with E-state index in [0.29, 0.717) is 24.3 Å². The number of hydrogen-bond acceptors (Lipinski definition) is 5. The van der Waals surface area contributed by atoms with Gasteiger partial charge in [0.05, 0.1) is 6.04 Å². The van der Waals surface area contributed by atoms with Gasteiger partial charge < -0.3 is 19.6 Å². The van der Waals surface area contributed by atoms with Crippen LogP contribution in [0, 0.1) is 12.8 Å². The van der Waals surface area contributed by atoms with E-state index in [9.17, 15) is 9.59 Å². The van der Waals surface area contributed by atoms with Crippen molar-refractivity contribution < 1.29 is 9.21 Å². The van der Waals surface area contributed by atoms with Gasteiger partial charge in [-0.05, 0) is 18.4 Å². The number of fused-ring (bicyclic) bond motifs is 4. The highest BCUT2D eigenvalue weighted by molar-refractivity contribution is 5.91. The maximum atomic E-state index is 12.4. The molecular weight excluding hydrogens is 308 g/mol. The lowest BCUT2D eigenvalue weighted by atomic mass is 9.79. The maximum Gasteiger partial charge on any atom is 0.273 e. The molecule has 0 saturated carbocycles. The first-order chi connectivity index (χ1) is 11.6. The Kier molecular flexibility index (Phi) is 3.72. The molecule has 2 aliphatic rings. The molecule has 2 aromatic heterocycles. The quantitative estimate of drug-likeness (QED) is 0.871. The van der Waals surface area contributed by atoms with Crippen LogP contribution in [0.25, 0.3) is 0 Å². The summed E-state index contributed by atoms with van der Waals surface area (Å²) < 4.78 is 6.95. The molecular formula is C17H20N4O3. The van der Waals surface area contributed by atoms with Crippen molar-refractivity contribution in [3.8, 4) is 0 Å². The fourth-order valence-electron chi connectivity index (χ4n) is 3.92. The number of hydrogen-bond donors (Lipinski definition) is 2. The molecule has 1 amide bonds. The van der Waals surface area contributed by atoms with Crippen LogP contribution in [0.15, 0.2) is 33.7 Å². The Balaban J connectivity index is 1.59. The van der Waals surface area contributed by atoms with E-state index >= 15 is 0 Å². The van der Waals surface area contributed by atoms with Crippen molar-refractivity contribution in [2.45, 2.75) is 25.3 Å². The highest BCUT2D eigenvalue weighted by Crippen LogP contribution is 2.38. The van der Waals surface area contributed by atoms with Gasteiger partial charge in [0, 0.05) is 44.2 Å². The zero-order valence-corrected chi connectivity index (χ0v) is 13.5. The molecule has 0 aliphatic carbocycles. The Bertz CT molecular complexity index is 825. The first kappa shape index (κ1) is 15.1. The molecule has 4 rings (SSSR count). The van der Waals surface area contributed by atoms with E-state index in [1.54, 1.807) is 13.0 Å². The Morgan fingerprint density at radius 2 is 2.33 bits per heavy atom. The van der Waals surface area contributed by atoms with Crippen molar-refractivity contribution in [3.05, 3.63) is 52.1 Å². The normalized spacial score (nSPS) is 25.1. The monoisotopic (exact) mass is 328 g/mol. The number of nitrogens with one attached hydrogen (secondary N) is 2. The minimum absolute atomic E-state index is 0.000583. The highest BCUT2D eigenvalue weighted by Gasteiger charge is 2.37. The summed E-state index contributed by atoms with van der Waals surface area (Å²) in [6.07, 6.45) is 2.39. The van der Waals surface area contributed by atoms with E-state index in [1.807, 2.05) is 16.7 Å². The number of carbonyl (C=O) groups is 1. The molecule has 2 aromatic rings. The van der Waals surface area contributed by atoms with Gasteiger partial charge in [0.2, 0.25) is 0 Å². The Morgan fingerprint density at radius 1 is 1.46 bits per heavy atom. The molecule has 3 atom stereocenters. The summed E-state index contributed by atoms with van der Waals surface area (Å²) in [6.45, 7) is 3.86. The number of nitrogens with zero attached hydrogens (tertiary/aromatic N) is 2. The summed E-state index contributed by atoms with van der Waals surface area (Å²) in [4.78, 5) is 28.7. The molecule has 0 spiro atoms. The molecule has 0 radical (unpaired) electrons. The minimum Gasteiger partial charge on any atom is -0.448 e. The summed E-state index contributed by atoms with van der Waals surface area (Å²) in [5.74, 6) is 0.875. The van der Waals surface area contributed by atoms with Gasteiger partial charge >= 0.3 is 0 Å². The molecule has 24 heavy (non-hydrogen) atoms. The van der Waals surface area contributed by atoms with Crippen molar-refractivity contribution >= 4 is 5.91 Å². The minimum atomic E-state index is -0.275. The van der Waals surface area contributed by atoms with Gasteiger partial charge in [-0.15, -0.1) is 0 Å². The lowest BCUT2D eigenvalue weighted by Crippen LogP contribution is -2.50. The molecule has 1 fully saturated rings. The van der Waals surface area contributed by atoms with E-state index < -0.39 is 0 Å². The number of pyridine rings is 1. The van der Waals surface area contributed by atoms with Crippen molar-refractivity contribution in [3.63, 3.8) is 0 Å². The molecule has 126 valence electrons. The van der Waals surface area contributed by atoms with Crippen molar-refractivity contribution in [1.82, 2.24) is 20.2 Å². The number of rotatable bonds is 3. The average molecular weight is 328 g/mol. The van der Waals surface area contributed by atoms with Crippen LogP contribution in [0.4, 0.5) is 0 Å². The van der Waals surface area contributed by atoms with E-state index in [4.69, 9.17) is 4.42 Å². The smallest absolute Gasteiger partial charge is 0.273 e. The Labute approximate surface area is 139 Å². The molecule has 7 heteroatoms. The largest absolute Gasteiger partial charge is 0.448 e. The van der Waals surface area contributed by atoms with Crippen molar-refractivity contribution in [1.29, 1.82) is 0 Å². The fourth-order valence-corrected chi connectivity index (χ4v) is 3.92. The molecule has 0 aromatic carbocycles. The molecule has 0 unspecified atom stereocenters. The number of oxazole rings is 1. The third-order valence-corrected chi connectivity index (χ3v) is 5.02. The van der Waals surface area contributed by atoms with Crippen LogP contribution in [0.2, 0.25) is 0 Å². The lowest BCUT2D eigenvalue weighted by Gasteiger charge is -2.43. The lowest BCUT2D eigenvalue weighted by molar-refractivity contribution is 0.0927. The Morgan fingerprint density at radius 3 is 3.12 bits per heavy atom. The number of aromatic nitrogens is 2. The zero-order valence-electron chi connectivity index (χ0n) is 13.5. The van der Waals surface area contributed by atoms with Crippen LogP contribution in [0.5, 0.6) is 0 Å². The van der Waals surface area contributed by atoms with E-state index in [-0.39, 0.29) is 23.2 Å². The number of carbonyl (C=O) groups excluding carboxylic acids is 1. The van der Waals surface area contributed by atoms with Crippen LogP contribution in [0.3, 0.4) is 0 Å². The fraction of sp³-hybridized carbons (Fsp3) is 0.471. The Hall–Kier alpha value is -2.41. The van der Waals surface area contributed by atoms with Crippen molar-refractivity contribution in [2.75, 3.05) is 19.6 Å². The van der Waals surface area contributed by atoms with E-state index in [0.717, 1.165) is 25.2 Å². The van der Waals surface area contributed by atoms with Crippen LogP contribution in [-0.2, 0) is 0 Å². The number of amides is 1. The van der Waals surface area contributed by atoms with E-state index in [1.165, 1.54) is 6.26 Å². The van der Waals surface area contributed by atoms with Gasteiger partial charge in [0.1, 0.15) is 6.26 Å². The molecule has 4 heterocycles. The van der Waals surface area contributed by atoms with Crippen LogP contribution < -0.4 is 16.2 Å². The van der Waals surface area contributed by atoms with Gasteiger partial charge in [-0.3, -0.25) is 9.59 Å². The third-order valence-electron chi connectivity index (χ3n) is 5.02. The second-order valence-corrected chi connectivity index (χ2v) is 6.54. The van der Waals surface area contributed by atoms with Crippen LogP contribution in [-0.4, -0.2) is 35.1 Å². The summed E-state index contributed by atoms with van der Waals surface area (Å²) >= 11 is 0. The second-order valence-electron chi connectivity index (χ2n) is 6.54. The molecule has 7 nitrogen and oxygen atoms in total. The topological polar surface area (TPSA) is 89.2 Å². The second kappa shape index (κ2) is 5.90. The van der Waals surface area contributed by atoms with Crippen LogP contribution >= 0.6 is 0 Å². The summed E-state index contributed by atoms with van der Waals surface area (Å²) in [5, 5.41) is 6.35. The average Bonchev–Trinajstić information content (AvgIpc) is 3.02. The van der Waals surface area contributed by atoms with Gasteiger partial charge in [0.15, 0.2) is 11.6 Å². The number of aryl methyl sites for hydroxylation is 1. The highest BCUT2D eigenvalue weighted by atomic mass is 16.3. The predicted molar refractivity (Wildman–Crippen MR) is 87.0 cm³/mol. The summed E-state index contributed by atoms with van der Waals surface area (Å²) in [6, 6.07) is 5.38. The molecule has 2 bridgehead atoms. The van der Waals surface area contributed by atoms with Gasteiger partial charge in [-0.2, -0.15) is 0 Å². The standard InChI is InChI=1S/C17H20N4O3/c1-10-20-13(9-24-10)17(23)19-8-15-12-5-11(6-18-7-12)14-3-2-4-16(22)21(14)15/h2-4,9,11-12,15,18H,5-8H2,1H3,(H,19,23)/t11-,12+,15+/m1/s1. The van der Waals surface area contributed by atoms with E-state index in [2.05, 4.69) is 15.6 Å².